The van der Waals surface area contributed by atoms with Crippen LogP contribution in [0.25, 0.3) is 0 Å². The second-order valence-electron chi connectivity index (χ2n) is 11.3. The molecule has 4 atom stereocenters. The zero-order valence-corrected chi connectivity index (χ0v) is 26.0. The Bertz CT molecular complexity index is 1410. The summed E-state index contributed by atoms with van der Waals surface area (Å²) in [6, 6.07) is 22.7. The molecule has 3 amide bonds. The molecule has 0 bridgehead atoms. The highest BCUT2D eigenvalue weighted by Crippen LogP contribution is 2.52. The van der Waals surface area contributed by atoms with Crippen LogP contribution in [0.4, 0.5) is 4.79 Å². The second kappa shape index (κ2) is 13.7. The van der Waals surface area contributed by atoms with Crippen LogP contribution in [-0.4, -0.2) is 79.1 Å². The Morgan fingerprint density at radius 1 is 0.907 bits per heavy atom. The number of nitrogens with one attached hydrogen (secondary N) is 2. The Morgan fingerprint density at radius 3 is 2.14 bits per heavy atom. The Balaban J connectivity index is 1.73. The molecule has 0 saturated carbocycles. The molecule has 2 saturated heterocycles. The van der Waals surface area contributed by atoms with Crippen molar-refractivity contribution in [3.05, 3.63) is 95.6 Å². The lowest BCUT2D eigenvalue weighted by molar-refractivity contribution is -0.136. The summed E-state index contributed by atoms with van der Waals surface area (Å²) in [5.74, 6) is -0.850. The van der Waals surface area contributed by atoms with Gasteiger partial charge in [-0.2, -0.15) is 0 Å². The fourth-order valence-electron chi connectivity index (χ4n) is 6.32. The smallest absolute Gasteiger partial charge is 0.318 e. The van der Waals surface area contributed by atoms with Crippen molar-refractivity contribution in [3.8, 4) is 5.75 Å². The van der Waals surface area contributed by atoms with Gasteiger partial charge in [-0.3, -0.25) is 9.59 Å². The molecule has 8 nitrogen and oxygen atoms in total. The summed E-state index contributed by atoms with van der Waals surface area (Å²) in [6.45, 7) is 6.23. The molecule has 2 heterocycles. The number of piperazine rings is 1. The van der Waals surface area contributed by atoms with Gasteiger partial charge in [0.2, 0.25) is 5.91 Å². The van der Waals surface area contributed by atoms with Crippen LogP contribution in [0.5, 0.6) is 5.75 Å². The van der Waals surface area contributed by atoms with Crippen molar-refractivity contribution in [3.63, 3.8) is 0 Å². The van der Waals surface area contributed by atoms with Gasteiger partial charge in [-0.15, -0.1) is 11.8 Å². The Hall–Kier alpha value is -3.82. The van der Waals surface area contributed by atoms with E-state index in [2.05, 4.69) is 10.6 Å². The van der Waals surface area contributed by atoms with Gasteiger partial charge in [-0.25, -0.2) is 4.79 Å². The third kappa shape index (κ3) is 6.43. The molecule has 2 N–H and O–H groups in total. The monoisotopic (exact) mass is 600 g/mol. The number of hydrogen-bond donors (Lipinski definition) is 2. The van der Waals surface area contributed by atoms with E-state index in [1.807, 2.05) is 104 Å². The number of carbonyl (C=O) groups excluding carboxylic acids is 3. The maximum absolute atomic E-state index is 14.7. The number of likely N-dealkylation sites (tertiary alicyclic amines) is 1. The normalized spacial score (nSPS) is 22.0. The highest BCUT2D eigenvalue weighted by atomic mass is 32.2. The van der Waals surface area contributed by atoms with Gasteiger partial charge in [0.25, 0.3) is 0 Å². The molecule has 43 heavy (non-hydrogen) atoms. The topological polar surface area (TPSA) is 91.0 Å². The first kappa shape index (κ1) is 30.6. The number of amides is 3. The minimum absolute atomic E-state index is 0.0970. The van der Waals surface area contributed by atoms with E-state index < -0.39 is 23.9 Å². The molecule has 0 aromatic heterocycles. The zero-order valence-electron chi connectivity index (χ0n) is 25.2. The summed E-state index contributed by atoms with van der Waals surface area (Å²) in [4.78, 5) is 48.1. The number of ketones is 1. The fraction of sp³-hybridized carbons (Fsp3) is 0.382. The van der Waals surface area contributed by atoms with Crippen molar-refractivity contribution in [2.75, 3.05) is 39.5 Å². The summed E-state index contributed by atoms with van der Waals surface area (Å²) in [5, 5.41) is 6.36. The molecule has 226 valence electrons. The number of rotatable bonds is 8. The van der Waals surface area contributed by atoms with E-state index in [-0.39, 0.29) is 23.8 Å². The number of nitrogens with zero attached hydrogens (tertiary/aromatic N) is 2. The van der Waals surface area contributed by atoms with Gasteiger partial charge >= 0.3 is 6.03 Å². The van der Waals surface area contributed by atoms with Gasteiger partial charge in [0.1, 0.15) is 11.8 Å². The third-order valence-electron chi connectivity index (χ3n) is 8.31. The van der Waals surface area contributed by atoms with Crippen LogP contribution in [0, 0.1) is 5.92 Å². The number of thioether (sulfide) groups is 1. The van der Waals surface area contributed by atoms with Crippen LogP contribution in [0.2, 0.25) is 0 Å². The van der Waals surface area contributed by atoms with Gasteiger partial charge < -0.3 is 25.2 Å². The summed E-state index contributed by atoms with van der Waals surface area (Å²) < 4.78 is 5.42. The number of hydrogen-bond acceptors (Lipinski definition) is 6. The van der Waals surface area contributed by atoms with Gasteiger partial charge in [-0.1, -0.05) is 54.6 Å². The second-order valence-corrected chi connectivity index (χ2v) is 12.2. The molecule has 5 rings (SSSR count). The quantitative estimate of drug-likeness (QED) is 0.280. The van der Waals surface area contributed by atoms with E-state index >= 15 is 0 Å². The van der Waals surface area contributed by atoms with Crippen LogP contribution < -0.4 is 15.4 Å². The van der Waals surface area contributed by atoms with Crippen LogP contribution in [0.1, 0.15) is 47.3 Å². The summed E-state index contributed by atoms with van der Waals surface area (Å²) >= 11 is 1.61. The van der Waals surface area contributed by atoms with Gasteiger partial charge in [-0.05, 0) is 55.5 Å². The molecule has 0 spiro atoms. The number of carbonyl (C=O) groups is 3. The van der Waals surface area contributed by atoms with Crippen molar-refractivity contribution >= 4 is 29.5 Å². The molecule has 0 radical (unpaired) electrons. The van der Waals surface area contributed by atoms with E-state index in [1.54, 1.807) is 23.8 Å². The van der Waals surface area contributed by atoms with Crippen molar-refractivity contribution in [1.82, 2.24) is 20.4 Å². The maximum Gasteiger partial charge on any atom is 0.318 e. The standard InChI is InChI=1S/C34H40N4O4S/c1-22(2)36-34(41)38-30(24-10-14-26(42-3)15-11-24)29(32(39)25-12-16-27(43-4)17-13-25)28(23-8-6-5-7-9-23)31(38)33(40)37-20-18-35-19-21-37/h5-17,22,28-31,35H,18-21H2,1-4H3,(H,36,41). The molecule has 2 aliphatic rings. The Labute approximate surface area is 258 Å². The summed E-state index contributed by atoms with van der Waals surface area (Å²) in [7, 11) is 1.60. The molecular weight excluding hydrogens is 560 g/mol. The predicted molar refractivity (Wildman–Crippen MR) is 170 cm³/mol. The van der Waals surface area contributed by atoms with E-state index in [4.69, 9.17) is 4.74 Å². The van der Waals surface area contributed by atoms with Crippen molar-refractivity contribution < 1.29 is 19.1 Å². The number of urea groups is 1. The first-order valence-electron chi connectivity index (χ1n) is 14.8. The van der Waals surface area contributed by atoms with Crippen LogP contribution in [0.15, 0.2) is 83.8 Å². The maximum atomic E-state index is 14.7. The number of Topliss-reactive ketones (excluding diaryl/α,β-unsaturated/α-hetero) is 1. The lowest BCUT2D eigenvalue weighted by Crippen LogP contribution is -2.56. The Morgan fingerprint density at radius 2 is 1.56 bits per heavy atom. The van der Waals surface area contributed by atoms with Gasteiger partial charge in [0.05, 0.1) is 19.1 Å². The highest BCUT2D eigenvalue weighted by Gasteiger charge is 2.58. The molecule has 0 aliphatic carbocycles. The molecular formula is C34H40N4O4S. The van der Waals surface area contributed by atoms with E-state index in [0.717, 1.165) is 16.0 Å². The Kier molecular flexibility index (Phi) is 9.72. The van der Waals surface area contributed by atoms with Crippen LogP contribution in [0.3, 0.4) is 0 Å². The predicted octanol–water partition coefficient (Wildman–Crippen LogP) is 4.98. The van der Waals surface area contributed by atoms with E-state index in [0.29, 0.717) is 37.5 Å². The molecule has 2 aliphatic heterocycles. The van der Waals surface area contributed by atoms with Crippen molar-refractivity contribution in [2.45, 2.75) is 42.8 Å². The SMILES string of the molecule is COc1ccc(C2C(C(=O)c3ccc(SC)cc3)C(c3ccccc3)C(C(=O)N3CCNCC3)N2C(=O)NC(C)C)cc1. The molecule has 9 heteroatoms. The molecule has 3 aromatic carbocycles. The lowest BCUT2D eigenvalue weighted by atomic mass is 9.76. The summed E-state index contributed by atoms with van der Waals surface area (Å²) in [6.07, 6.45) is 2.00. The van der Waals surface area contributed by atoms with E-state index in [1.165, 1.54) is 0 Å². The van der Waals surface area contributed by atoms with Crippen molar-refractivity contribution in [2.24, 2.45) is 5.92 Å². The zero-order chi connectivity index (χ0) is 30.5. The third-order valence-corrected chi connectivity index (χ3v) is 9.06. The van der Waals surface area contributed by atoms with Gasteiger partial charge in [0, 0.05) is 48.6 Å². The fourth-order valence-corrected chi connectivity index (χ4v) is 6.73. The van der Waals surface area contributed by atoms with Gasteiger partial charge in [0.15, 0.2) is 5.78 Å². The van der Waals surface area contributed by atoms with E-state index in [9.17, 15) is 14.4 Å². The first-order chi connectivity index (χ1) is 20.8. The first-order valence-corrected chi connectivity index (χ1v) is 16.0. The van der Waals surface area contributed by atoms with Crippen molar-refractivity contribution in [1.29, 1.82) is 0 Å². The number of methoxy groups -OCH3 is 1. The highest BCUT2D eigenvalue weighted by molar-refractivity contribution is 7.98. The number of ether oxygens (including phenoxy) is 1. The minimum Gasteiger partial charge on any atom is -0.497 e. The molecule has 4 unspecified atom stereocenters. The largest absolute Gasteiger partial charge is 0.497 e. The van der Waals surface area contributed by atoms with Crippen LogP contribution >= 0.6 is 11.8 Å². The molecule has 2 fully saturated rings. The van der Waals surface area contributed by atoms with Crippen LogP contribution in [-0.2, 0) is 4.79 Å². The lowest BCUT2D eigenvalue weighted by Gasteiger charge is -2.36. The summed E-state index contributed by atoms with van der Waals surface area (Å²) in [5.41, 5.74) is 2.19. The number of benzene rings is 3. The average Bonchev–Trinajstić information content (AvgIpc) is 3.41. The molecule has 3 aromatic rings. The minimum atomic E-state index is -0.884. The average molecular weight is 601 g/mol.